The van der Waals surface area contributed by atoms with Gasteiger partial charge in [-0.1, -0.05) is 62.9 Å². The fourth-order valence-electron chi connectivity index (χ4n) is 2.64. The molecule has 0 heterocycles. The maximum Gasteiger partial charge on any atom is 0.0133 e. The maximum atomic E-state index is 3.53. The van der Waals surface area contributed by atoms with Gasteiger partial charge in [-0.05, 0) is 38.3 Å². The topological polar surface area (TPSA) is 12.0 Å². The van der Waals surface area contributed by atoms with Crippen molar-refractivity contribution in [1.82, 2.24) is 5.32 Å². The minimum absolute atomic E-state index is 0.615. The van der Waals surface area contributed by atoms with Gasteiger partial charge in [-0.2, -0.15) is 0 Å². The van der Waals surface area contributed by atoms with Gasteiger partial charge in [-0.3, -0.25) is 0 Å². The summed E-state index contributed by atoms with van der Waals surface area (Å²) in [6.07, 6.45) is 6.43. The first-order chi connectivity index (χ1) is 8.71. The lowest BCUT2D eigenvalue weighted by Crippen LogP contribution is -2.35. The van der Waals surface area contributed by atoms with E-state index < -0.39 is 0 Å². The third-order valence-corrected chi connectivity index (χ3v) is 3.97. The van der Waals surface area contributed by atoms with Crippen LogP contribution in [-0.4, -0.2) is 13.1 Å². The minimum atomic E-state index is 0.615. The van der Waals surface area contributed by atoms with Crippen LogP contribution in [0, 0.1) is 12.8 Å². The normalized spacial score (nSPS) is 14.4. The highest BCUT2D eigenvalue weighted by atomic mass is 14.9. The van der Waals surface area contributed by atoms with E-state index in [1.807, 2.05) is 0 Å². The van der Waals surface area contributed by atoms with Crippen molar-refractivity contribution >= 4 is 0 Å². The number of unbranched alkanes of at least 4 members (excludes halogenated alkanes) is 1. The van der Waals surface area contributed by atoms with E-state index in [9.17, 15) is 0 Å². The van der Waals surface area contributed by atoms with Crippen LogP contribution >= 0.6 is 0 Å². The molecule has 1 aromatic carbocycles. The Morgan fingerprint density at radius 2 is 1.78 bits per heavy atom. The van der Waals surface area contributed by atoms with Crippen LogP contribution < -0.4 is 5.32 Å². The van der Waals surface area contributed by atoms with Crippen molar-refractivity contribution in [3.8, 4) is 0 Å². The first kappa shape index (κ1) is 15.2. The van der Waals surface area contributed by atoms with Crippen LogP contribution in [0.1, 0.15) is 50.7 Å². The molecule has 2 unspecified atom stereocenters. The molecule has 0 amide bonds. The van der Waals surface area contributed by atoms with Gasteiger partial charge in [-0.15, -0.1) is 0 Å². The molecule has 0 saturated carbocycles. The zero-order valence-electron chi connectivity index (χ0n) is 12.5. The number of rotatable bonds is 8. The smallest absolute Gasteiger partial charge is 0.0133 e. The van der Waals surface area contributed by atoms with Gasteiger partial charge in [0.25, 0.3) is 0 Å². The van der Waals surface area contributed by atoms with Crippen molar-refractivity contribution in [3.05, 3.63) is 35.4 Å². The van der Waals surface area contributed by atoms with Crippen LogP contribution in [0.5, 0.6) is 0 Å². The van der Waals surface area contributed by atoms with E-state index in [4.69, 9.17) is 0 Å². The molecule has 0 spiro atoms. The Labute approximate surface area is 113 Å². The van der Waals surface area contributed by atoms with Crippen LogP contribution in [0.15, 0.2) is 24.3 Å². The van der Waals surface area contributed by atoms with Gasteiger partial charge in [-0.25, -0.2) is 0 Å². The zero-order valence-corrected chi connectivity index (χ0v) is 12.5. The Bertz CT molecular complexity index is 315. The average molecular weight is 247 g/mol. The molecular formula is C17H29N. The molecule has 1 heteroatoms. The summed E-state index contributed by atoms with van der Waals surface area (Å²) in [5.41, 5.74) is 2.80. The summed E-state index contributed by atoms with van der Waals surface area (Å²) >= 11 is 0. The lowest BCUT2D eigenvalue weighted by molar-refractivity contribution is 0.330. The molecule has 0 aliphatic rings. The van der Waals surface area contributed by atoms with Crippen LogP contribution in [0.2, 0.25) is 0 Å². The van der Waals surface area contributed by atoms with Gasteiger partial charge in [0.2, 0.25) is 0 Å². The summed E-state index contributed by atoms with van der Waals surface area (Å²) in [5.74, 6) is 0.802. The predicted molar refractivity (Wildman–Crippen MR) is 81.0 cm³/mol. The lowest BCUT2D eigenvalue weighted by Gasteiger charge is -2.26. The van der Waals surface area contributed by atoms with Gasteiger partial charge >= 0.3 is 0 Å². The number of benzene rings is 1. The largest absolute Gasteiger partial charge is 0.316 e. The monoisotopic (exact) mass is 247 g/mol. The van der Waals surface area contributed by atoms with Gasteiger partial charge in [0.15, 0.2) is 0 Å². The molecule has 0 aliphatic carbocycles. The molecule has 0 fully saturated rings. The van der Waals surface area contributed by atoms with E-state index in [0.717, 1.165) is 12.3 Å². The molecular weight excluding hydrogens is 218 g/mol. The molecule has 0 radical (unpaired) electrons. The zero-order chi connectivity index (χ0) is 13.4. The third-order valence-electron chi connectivity index (χ3n) is 3.97. The maximum absolute atomic E-state index is 3.53. The summed E-state index contributed by atoms with van der Waals surface area (Å²) < 4.78 is 0. The van der Waals surface area contributed by atoms with Crippen molar-refractivity contribution in [1.29, 1.82) is 0 Å². The number of nitrogens with one attached hydrogen (secondary N) is 1. The second-order valence-electron chi connectivity index (χ2n) is 5.40. The molecule has 1 N–H and O–H groups in total. The van der Waals surface area contributed by atoms with Crippen LogP contribution in [0.25, 0.3) is 0 Å². The second-order valence-corrected chi connectivity index (χ2v) is 5.40. The Morgan fingerprint density at radius 1 is 1.11 bits per heavy atom. The van der Waals surface area contributed by atoms with E-state index in [1.165, 1.54) is 36.8 Å². The Balaban J connectivity index is 2.61. The minimum Gasteiger partial charge on any atom is -0.316 e. The summed E-state index contributed by atoms with van der Waals surface area (Å²) in [6.45, 7) is 6.75. The summed E-state index contributed by atoms with van der Waals surface area (Å²) in [5, 5.41) is 3.53. The van der Waals surface area contributed by atoms with E-state index in [0.29, 0.717) is 6.04 Å². The summed E-state index contributed by atoms with van der Waals surface area (Å²) in [6, 6.07) is 9.59. The van der Waals surface area contributed by atoms with Crippen LogP contribution in [0.3, 0.4) is 0 Å². The Hall–Kier alpha value is -0.820. The predicted octanol–water partition coefficient (Wildman–Crippen LogP) is 4.34. The van der Waals surface area contributed by atoms with E-state index in [2.05, 4.69) is 57.4 Å². The molecule has 2 atom stereocenters. The van der Waals surface area contributed by atoms with Crippen LogP contribution in [0.4, 0.5) is 0 Å². The summed E-state index contributed by atoms with van der Waals surface area (Å²) in [4.78, 5) is 0. The first-order valence-electron chi connectivity index (χ1n) is 7.44. The standard InChI is InChI=1S/C17H29N/c1-5-7-8-16(6-2)17(18-4)13-15-11-9-14(3)10-12-15/h9-12,16-18H,5-8,13H2,1-4H3. The lowest BCUT2D eigenvalue weighted by atomic mass is 9.87. The number of hydrogen-bond acceptors (Lipinski definition) is 1. The SMILES string of the molecule is CCCCC(CC)C(Cc1ccc(C)cc1)NC. The number of likely N-dealkylation sites (N-methyl/N-ethyl adjacent to an activating group) is 1. The fraction of sp³-hybridized carbons (Fsp3) is 0.647. The fourth-order valence-corrected chi connectivity index (χ4v) is 2.64. The number of hydrogen-bond donors (Lipinski definition) is 1. The van der Waals surface area contributed by atoms with Crippen molar-refractivity contribution in [2.75, 3.05) is 7.05 Å². The average Bonchev–Trinajstić information content (AvgIpc) is 2.40. The highest BCUT2D eigenvalue weighted by Gasteiger charge is 2.18. The van der Waals surface area contributed by atoms with E-state index >= 15 is 0 Å². The van der Waals surface area contributed by atoms with Gasteiger partial charge in [0.1, 0.15) is 0 Å². The molecule has 102 valence electrons. The molecule has 1 aromatic rings. The van der Waals surface area contributed by atoms with Crippen molar-refractivity contribution in [2.45, 2.75) is 58.9 Å². The Morgan fingerprint density at radius 3 is 2.28 bits per heavy atom. The van der Waals surface area contributed by atoms with Gasteiger partial charge in [0, 0.05) is 6.04 Å². The Kier molecular flexibility index (Phi) is 7.04. The van der Waals surface area contributed by atoms with Gasteiger partial charge < -0.3 is 5.32 Å². The molecule has 0 saturated heterocycles. The highest BCUT2D eigenvalue weighted by Crippen LogP contribution is 2.20. The summed E-state index contributed by atoms with van der Waals surface area (Å²) in [7, 11) is 2.10. The molecule has 1 rings (SSSR count). The van der Waals surface area contributed by atoms with E-state index in [-0.39, 0.29) is 0 Å². The molecule has 1 nitrogen and oxygen atoms in total. The second kappa shape index (κ2) is 8.31. The quantitative estimate of drug-likeness (QED) is 0.720. The van der Waals surface area contributed by atoms with E-state index in [1.54, 1.807) is 0 Å². The molecule has 0 aromatic heterocycles. The third kappa shape index (κ3) is 4.81. The molecule has 0 aliphatic heterocycles. The van der Waals surface area contributed by atoms with Gasteiger partial charge in [0.05, 0.1) is 0 Å². The number of aryl methyl sites for hydroxylation is 1. The molecule has 0 bridgehead atoms. The van der Waals surface area contributed by atoms with Crippen LogP contribution in [-0.2, 0) is 6.42 Å². The molecule has 18 heavy (non-hydrogen) atoms. The van der Waals surface area contributed by atoms with Crippen molar-refractivity contribution in [2.24, 2.45) is 5.92 Å². The van der Waals surface area contributed by atoms with Crippen molar-refractivity contribution < 1.29 is 0 Å². The first-order valence-corrected chi connectivity index (χ1v) is 7.44. The highest BCUT2D eigenvalue weighted by molar-refractivity contribution is 5.22. The van der Waals surface area contributed by atoms with Crippen molar-refractivity contribution in [3.63, 3.8) is 0 Å².